The SMILES string of the molecule is CCCN(CCC)CCCCc1ccc(C(=O)c2c(C(C)C)cc3ccccn23)cc1. The summed E-state index contributed by atoms with van der Waals surface area (Å²) in [5.74, 6) is 0.411. The van der Waals surface area contributed by atoms with E-state index in [2.05, 4.69) is 56.9 Å². The molecule has 2 heterocycles. The minimum Gasteiger partial charge on any atom is -0.313 e. The van der Waals surface area contributed by atoms with Crippen molar-refractivity contribution in [3.8, 4) is 0 Å². The van der Waals surface area contributed by atoms with Crippen LogP contribution in [-0.2, 0) is 6.42 Å². The van der Waals surface area contributed by atoms with Crippen LogP contribution in [0.25, 0.3) is 5.52 Å². The van der Waals surface area contributed by atoms with Crippen LogP contribution in [0, 0.1) is 0 Å². The zero-order valence-corrected chi connectivity index (χ0v) is 19.7. The van der Waals surface area contributed by atoms with Crippen molar-refractivity contribution in [2.24, 2.45) is 0 Å². The highest BCUT2D eigenvalue weighted by atomic mass is 16.1. The number of pyridine rings is 1. The molecule has 0 N–H and O–H groups in total. The molecular weight excluding hydrogens is 380 g/mol. The molecule has 0 unspecified atom stereocenters. The maximum atomic E-state index is 13.4. The summed E-state index contributed by atoms with van der Waals surface area (Å²) in [6, 6.07) is 16.5. The fourth-order valence-corrected chi connectivity index (χ4v) is 4.42. The van der Waals surface area contributed by atoms with Crippen LogP contribution < -0.4 is 0 Å². The maximum absolute atomic E-state index is 13.4. The Labute approximate surface area is 188 Å². The van der Waals surface area contributed by atoms with E-state index >= 15 is 0 Å². The molecular formula is C28H38N2O. The Morgan fingerprint density at radius 1 is 0.935 bits per heavy atom. The molecule has 0 radical (unpaired) electrons. The highest BCUT2D eigenvalue weighted by Crippen LogP contribution is 2.26. The van der Waals surface area contributed by atoms with E-state index in [1.807, 2.05) is 34.9 Å². The van der Waals surface area contributed by atoms with E-state index in [0.29, 0.717) is 5.92 Å². The van der Waals surface area contributed by atoms with Gasteiger partial charge in [-0.15, -0.1) is 0 Å². The molecule has 3 aromatic rings. The van der Waals surface area contributed by atoms with Gasteiger partial charge in [0.1, 0.15) is 0 Å². The van der Waals surface area contributed by atoms with E-state index < -0.39 is 0 Å². The molecule has 2 aromatic heterocycles. The maximum Gasteiger partial charge on any atom is 0.210 e. The lowest BCUT2D eigenvalue weighted by Gasteiger charge is -2.20. The molecule has 0 aliphatic rings. The second-order valence-electron chi connectivity index (χ2n) is 8.92. The monoisotopic (exact) mass is 418 g/mol. The van der Waals surface area contributed by atoms with Crippen LogP contribution in [-0.4, -0.2) is 34.7 Å². The van der Waals surface area contributed by atoms with Gasteiger partial charge in [0.25, 0.3) is 0 Å². The number of unbranched alkanes of at least 4 members (excludes halogenated alkanes) is 1. The van der Waals surface area contributed by atoms with Crippen molar-refractivity contribution in [1.82, 2.24) is 9.30 Å². The van der Waals surface area contributed by atoms with Crippen molar-refractivity contribution in [2.45, 2.75) is 65.7 Å². The standard InChI is InChI=1S/C28H38N2O/c1-5-17-29(18-6-2)19-9-7-11-23-13-15-24(16-14-23)28(31)27-26(22(3)4)21-25-12-8-10-20-30(25)27/h8,10,12-16,20-22H,5-7,9,11,17-19H2,1-4H3. The van der Waals surface area contributed by atoms with Gasteiger partial charge in [-0.3, -0.25) is 4.79 Å². The summed E-state index contributed by atoms with van der Waals surface area (Å²) in [7, 11) is 0. The van der Waals surface area contributed by atoms with Crippen molar-refractivity contribution in [3.63, 3.8) is 0 Å². The van der Waals surface area contributed by atoms with Gasteiger partial charge in [-0.05, 0) is 87.0 Å². The lowest BCUT2D eigenvalue weighted by molar-refractivity contribution is 0.103. The minimum atomic E-state index is 0.108. The van der Waals surface area contributed by atoms with E-state index in [1.165, 1.54) is 50.9 Å². The molecule has 0 fully saturated rings. The summed E-state index contributed by atoms with van der Waals surface area (Å²) >= 11 is 0. The summed E-state index contributed by atoms with van der Waals surface area (Å²) < 4.78 is 2.03. The summed E-state index contributed by atoms with van der Waals surface area (Å²) in [5.41, 5.74) is 5.07. The number of nitrogens with zero attached hydrogens (tertiary/aromatic N) is 2. The molecule has 0 amide bonds. The molecule has 166 valence electrons. The van der Waals surface area contributed by atoms with Gasteiger partial charge >= 0.3 is 0 Å². The average Bonchev–Trinajstić information content (AvgIpc) is 3.17. The zero-order valence-electron chi connectivity index (χ0n) is 19.7. The fraction of sp³-hybridized carbons (Fsp3) is 0.464. The summed E-state index contributed by atoms with van der Waals surface area (Å²) in [6.07, 6.45) is 7.94. The Kier molecular flexibility index (Phi) is 8.48. The Bertz CT molecular complexity index is 962. The first-order valence-electron chi connectivity index (χ1n) is 12.0. The van der Waals surface area contributed by atoms with Gasteiger partial charge in [0, 0.05) is 17.3 Å². The summed E-state index contributed by atoms with van der Waals surface area (Å²) in [4.78, 5) is 16.0. The van der Waals surface area contributed by atoms with E-state index in [-0.39, 0.29) is 5.78 Å². The Hall–Kier alpha value is -2.39. The van der Waals surface area contributed by atoms with Crippen LogP contribution >= 0.6 is 0 Å². The highest BCUT2D eigenvalue weighted by Gasteiger charge is 2.20. The van der Waals surface area contributed by atoms with Crippen molar-refractivity contribution < 1.29 is 4.79 Å². The molecule has 0 saturated carbocycles. The second kappa shape index (κ2) is 11.3. The number of hydrogen-bond donors (Lipinski definition) is 0. The normalized spacial score (nSPS) is 11.7. The third-order valence-corrected chi connectivity index (χ3v) is 6.03. The van der Waals surface area contributed by atoms with Crippen molar-refractivity contribution in [2.75, 3.05) is 19.6 Å². The first-order valence-corrected chi connectivity index (χ1v) is 12.0. The van der Waals surface area contributed by atoms with Crippen molar-refractivity contribution in [3.05, 3.63) is 77.1 Å². The predicted molar refractivity (Wildman–Crippen MR) is 131 cm³/mol. The molecule has 3 heteroatoms. The van der Waals surface area contributed by atoms with E-state index in [4.69, 9.17) is 0 Å². The molecule has 1 aromatic carbocycles. The van der Waals surface area contributed by atoms with E-state index in [9.17, 15) is 4.79 Å². The van der Waals surface area contributed by atoms with Crippen LogP contribution in [0.4, 0.5) is 0 Å². The van der Waals surface area contributed by atoms with Gasteiger partial charge in [0.05, 0.1) is 5.69 Å². The number of carbonyl (C=O) groups excluding carboxylic acids is 1. The molecule has 3 rings (SSSR count). The van der Waals surface area contributed by atoms with Crippen LogP contribution in [0.3, 0.4) is 0 Å². The first kappa shape index (κ1) is 23.3. The van der Waals surface area contributed by atoms with Crippen LogP contribution in [0.5, 0.6) is 0 Å². The van der Waals surface area contributed by atoms with Gasteiger partial charge < -0.3 is 9.30 Å². The largest absolute Gasteiger partial charge is 0.313 e. The van der Waals surface area contributed by atoms with E-state index in [0.717, 1.165) is 28.8 Å². The van der Waals surface area contributed by atoms with Crippen LogP contribution in [0.1, 0.15) is 86.5 Å². The molecule has 31 heavy (non-hydrogen) atoms. The molecule has 0 aliphatic carbocycles. The third kappa shape index (κ3) is 5.86. The van der Waals surface area contributed by atoms with Gasteiger partial charge in [-0.25, -0.2) is 0 Å². The van der Waals surface area contributed by atoms with Crippen molar-refractivity contribution in [1.29, 1.82) is 0 Å². The molecule has 0 spiro atoms. The number of hydrogen-bond acceptors (Lipinski definition) is 2. The number of carbonyl (C=O) groups is 1. The lowest BCUT2D eigenvalue weighted by atomic mass is 9.97. The second-order valence-corrected chi connectivity index (χ2v) is 8.92. The smallest absolute Gasteiger partial charge is 0.210 e. The lowest BCUT2D eigenvalue weighted by Crippen LogP contribution is -2.26. The first-order chi connectivity index (χ1) is 15.0. The van der Waals surface area contributed by atoms with Crippen LogP contribution in [0.15, 0.2) is 54.7 Å². The Morgan fingerprint density at radius 3 is 2.29 bits per heavy atom. The van der Waals surface area contributed by atoms with Gasteiger partial charge in [0.2, 0.25) is 5.78 Å². The average molecular weight is 419 g/mol. The fourth-order valence-electron chi connectivity index (χ4n) is 4.42. The summed E-state index contributed by atoms with van der Waals surface area (Å²) in [5, 5.41) is 0. The van der Waals surface area contributed by atoms with E-state index in [1.54, 1.807) is 0 Å². The number of ketones is 1. The van der Waals surface area contributed by atoms with Gasteiger partial charge in [-0.2, -0.15) is 0 Å². The quantitative estimate of drug-likeness (QED) is 0.240. The molecule has 0 bridgehead atoms. The predicted octanol–water partition coefficient (Wildman–Crippen LogP) is 6.74. The molecule has 3 nitrogen and oxygen atoms in total. The number of benzene rings is 1. The van der Waals surface area contributed by atoms with Crippen LogP contribution in [0.2, 0.25) is 0 Å². The molecule has 0 saturated heterocycles. The number of aryl methyl sites for hydroxylation is 1. The van der Waals surface area contributed by atoms with Gasteiger partial charge in [-0.1, -0.05) is 58.0 Å². The topological polar surface area (TPSA) is 24.7 Å². The zero-order chi connectivity index (χ0) is 22.2. The number of fused-ring (bicyclic) bond motifs is 1. The Balaban J connectivity index is 1.65. The molecule has 0 aliphatic heterocycles. The number of rotatable bonds is 12. The molecule has 0 atom stereocenters. The van der Waals surface area contributed by atoms with Crippen molar-refractivity contribution >= 4 is 11.3 Å². The summed E-state index contributed by atoms with van der Waals surface area (Å²) in [6.45, 7) is 12.4. The highest BCUT2D eigenvalue weighted by molar-refractivity contribution is 6.09. The van der Waals surface area contributed by atoms with Gasteiger partial charge in [0.15, 0.2) is 0 Å². The number of aromatic nitrogens is 1. The Morgan fingerprint density at radius 2 is 1.65 bits per heavy atom. The minimum absolute atomic E-state index is 0.108. The third-order valence-electron chi connectivity index (χ3n) is 6.03.